The van der Waals surface area contributed by atoms with Gasteiger partial charge in [0.2, 0.25) is 11.7 Å². The summed E-state index contributed by atoms with van der Waals surface area (Å²) < 4.78 is 47.4. The van der Waals surface area contributed by atoms with E-state index in [1.807, 2.05) is 0 Å². The number of amides is 2. The molecular formula is C19H19F3N4O4. The zero-order valence-corrected chi connectivity index (χ0v) is 15.8. The number of morpholine rings is 1. The largest absolute Gasteiger partial charge is 0.471 e. The summed E-state index contributed by atoms with van der Waals surface area (Å²) in [6.07, 6.45) is -2.90. The van der Waals surface area contributed by atoms with Gasteiger partial charge in [0.1, 0.15) is 0 Å². The van der Waals surface area contributed by atoms with E-state index in [4.69, 9.17) is 4.74 Å². The number of ether oxygens (including phenoxy) is 1. The van der Waals surface area contributed by atoms with Crippen LogP contribution in [0.5, 0.6) is 0 Å². The highest BCUT2D eigenvalue weighted by Crippen LogP contribution is 2.32. The minimum atomic E-state index is -4.72. The Labute approximate surface area is 169 Å². The number of rotatable bonds is 5. The van der Waals surface area contributed by atoms with Crippen molar-refractivity contribution in [1.29, 1.82) is 0 Å². The second-order valence-electron chi connectivity index (χ2n) is 7.24. The van der Waals surface area contributed by atoms with Crippen LogP contribution < -0.4 is 5.32 Å². The van der Waals surface area contributed by atoms with Crippen LogP contribution in [0.1, 0.15) is 29.1 Å². The zero-order chi connectivity index (χ0) is 21.3. The molecule has 1 saturated heterocycles. The number of nitrogens with one attached hydrogen (secondary N) is 1. The number of hydrogen-bond acceptors (Lipinski definition) is 6. The molecule has 1 aliphatic carbocycles. The highest BCUT2D eigenvalue weighted by molar-refractivity contribution is 5.94. The summed E-state index contributed by atoms with van der Waals surface area (Å²) in [4.78, 5) is 29.9. The van der Waals surface area contributed by atoms with E-state index in [9.17, 15) is 22.8 Å². The molecule has 1 atom stereocenters. The quantitative estimate of drug-likeness (QED) is 0.790. The SMILES string of the molecule is O=C(NC[C@H]1COCCN1C(=O)C1CC1)c1ccc(-c2noc(C(F)(F)F)n2)cc1. The fraction of sp³-hybridized carbons (Fsp3) is 0.474. The topological polar surface area (TPSA) is 97.6 Å². The second kappa shape index (κ2) is 8.05. The average molecular weight is 424 g/mol. The van der Waals surface area contributed by atoms with E-state index in [-0.39, 0.29) is 41.7 Å². The van der Waals surface area contributed by atoms with Crippen molar-refractivity contribution in [2.75, 3.05) is 26.3 Å². The Hall–Kier alpha value is -2.95. The Morgan fingerprint density at radius 1 is 1.20 bits per heavy atom. The second-order valence-corrected chi connectivity index (χ2v) is 7.24. The molecule has 1 saturated carbocycles. The van der Waals surface area contributed by atoms with Gasteiger partial charge < -0.3 is 19.5 Å². The molecular weight excluding hydrogens is 405 g/mol. The first kappa shape index (κ1) is 20.3. The molecule has 0 unspecified atom stereocenters. The van der Waals surface area contributed by atoms with Crippen LogP contribution in [0.3, 0.4) is 0 Å². The van der Waals surface area contributed by atoms with E-state index in [0.29, 0.717) is 25.3 Å². The number of aromatic nitrogens is 2. The first-order chi connectivity index (χ1) is 14.3. The van der Waals surface area contributed by atoms with Crippen LogP contribution in [0.4, 0.5) is 13.2 Å². The standard InChI is InChI=1S/C19H19F3N4O4/c20-19(21,22)18-24-15(25-30-18)11-1-3-12(4-2-11)16(27)23-9-14-10-29-8-7-26(14)17(28)13-5-6-13/h1-4,13-14H,5-10H2,(H,23,27)/t14-/m0/s1. The van der Waals surface area contributed by atoms with Gasteiger partial charge in [-0.25, -0.2) is 0 Å². The maximum absolute atomic E-state index is 12.6. The van der Waals surface area contributed by atoms with Gasteiger partial charge in [-0.3, -0.25) is 9.59 Å². The van der Waals surface area contributed by atoms with Gasteiger partial charge in [-0.05, 0) is 25.0 Å². The molecule has 2 aromatic rings. The maximum Gasteiger partial charge on any atom is 0.471 e. The molecule has 2 fully saturated rings. The van der Waals surface area contributed by atoms with Crippen molar-refractivity contribution in [3.8, 4) is 11.4 Å². The first-order valence-corrected chi connectivity index (χ1v) is 9.50. The summed E-state index contributed by atoms with van der Waals surface area (Å²) in [5.74, 6) is -1.81. The van der Waals surface area contributed by atoms with E-state index in [1.165, 1.54) is 24.3 Å². The van der Waals surface area contributed by atoms with Gasteiger partial charge in [-0.15, -0.1) is 0 Å². The summed E-state index contributed by atoms with van der Waals surface area (Å²) in [6, 6.07) is 5.56. The summed E-state index contributed by atoms with van der Waals surface area (Å²) in [6.45, 7) is 1.60. The fourth-order valence-corrected chi connectivity index (χ4v) is 3.22. The predicted octanol–water partition coefficient (Wildman–Crippen LogP) is 2.12. The normalized spacial score (nSPS) is 19.6. The molecule has 8 nitrogen and oxygen atoms in total. The molecule has 4 rings (SSSR count). The Bertz CT molecular complexity index is 925. The molecule has 160 valence electrons. The minimum absolute atomic E-state index is 0.0943. The number of carbonyl (C=O) groups is 2. The van der Waals surface area contributed by atoms with Crippen molar-refractivity contribution in [1.82, 2.24) is 20.4 Å². The smallest absolute Gasteiger partial charge is 0.377 e. The highest BCUT2D eigenvalue weighted by Gasteiger charge is 2.39. The van der Waals surface area contributed by atoms with Crippen molar-refractivity contribution in [2.45, 2.75) is 25.1 Å². The van der Waals surface area contributed by atoms with Crippen LogP contribution in [0.2, 0.25) is 0 Å². The zero-order valence-electron chi connectivity index (χ0n) is 15.8. The van der Waals surface area contributed by atoms with Crippen LogP contribution in [0.15, 0.2) is 28.8 Å². The molecule has 2 aliphatic rings. The third-order valence-corrected chi connectivity index (χ3v) is 5.01. The lowest BCUT2D eigenvalue weighted by atomic mass is 10.1. The maximum atomic E-state index is 12.6. The van der Waals surface area contributed by atoms with E-state index >= 15 is 0 Å². The molecule has 1 aromatic carbocycles. The monoisotopic (exact) mass is 424 g/mol. The number of alkyl halides is 3. The Morgan fingerprint density at radius 2 is 1.93 bits per heavy atom. The summed E-state index contributed by atoms with van der Waals surface area (Å²) >= 11 is 0. The van der Waals surface area contributed by atoms with Gasteiger partial charge in [0.25, 0.3) is 5.91 Å². The molecule has 30 heavy (non-hydrogen) atoms. The summed E-state index contributed by atoms with van der Waals surface area (Å²) in [5.41, 5.74) is 0.600. The molecule has 0 radical (unpaired) electrons. The average Bonchev–Trinajstić information content (AvgIpc) is 3.46. The number of halogens is 3. The molecule has 2 amide bonds. The molecule has 0 bridgehead atoms. The van der Waals surface area contributed by atoms with Crippen molar-refractivity contribution in [3.05, 3.63) is 35.7 Å². The molecule has 1 N–H and O–H groups in total. The minimum Gasteiger partial charge on any atom is -0.377 e. The van der Waals surface area contributed by atoms with Crippen molar-refractivity contribution < 1.29 is 32.0 Å². The van der Waals surface area contributed by atoms with E-state index in [0.717, 1.165) is 12.8 Å². The van der Waals surface area contributed by atoms with Gasteiger partial charge in [0.15, 0.2) is 0 Å². The molecule has 2 heterocycles. The first-order valence-electron chi connectivity index (χ1n) is 9.50. The molecule has 1 aliphatic heterocycles. The number of carbonyl (C=O) groups excluding carboxylic acids is 2. The fourth-order valence-electron chi connectivity index (χ4n) is 3.22. The highest BCUT2D eigenvalue weighted by atomic mass is 19.4. The summed E-state index contributed by atoms with van der Waals surface area (Å²) in [7, 11) is 0. The molecule has 1 aromatic heterocycles. The lowest BCUT2D eigenvalue weighted by Gasteiger charge is -2.35. The third-order valence-electron chi connectivity index (χ3n) is 5.01. The van der Waals surface area contributed by atoms with Crippen LogP contribution in [-0.2, 0) is 15.7 Å². The van der Waals surface area contributed by atoms with Crippen LogP contribution in [0.25, 0.3) is 11.4 Å². The third kappa shape index (κ3) is 4.45. The Kier molecular flexibility index (Phi) is 5.46. The Morgan fingerprint density at radius 3 is 2.57 bits per heavy atom. The number of hydrogen-bond donors (Lipinski definition) is 1. The molecule has 11 heteroatoms. The van der Waals surface area contributed by atoms with Gasteiger partial charge in [0, 0.05) is 30.1 Å². The van der Waals surface area contributed by atoms with Gasteiger partial charge in [0.05, 0.1) is 19.3 Å². The number of nitrogens with zero attached hydrogens (tertiary/aromatic N) is 3. The van der Waals surface area contributed by atoms with E-state index in [1.54, 1.807) is 4.90 Å². The predicted molar refractivity (Wildman–Crippen MR) is 96.1 cm³/mol. The lowest BCUT2D eigenvalue weighted by Crippen LogP contribution is -2.54. The van der Waals surface area contributed by atoms with Crippen LogP contribution in [-0.4, -0.2) is 59.2 Å². The lowest BCUT2D eigenvalue weighted by molar-refractivity contribution is -0.159. The summed E-state index contributed by atoms with van der Waals surface area (Å²) in [5, 5.41) is 6.10. The van der Waals surface area contributed by atoms with Crippen molar-refractivity contribution >= 4 is 11.8 Å². The van der Waals surface area contributed by atoms with Gasteiger partial charge >= 0.3 is 12.1 Å². The number of benzene rings is 1. The van der Waals surface area contributed by atoms with Crippen molar-refractivity contribution in [2.24, 2.45) is 5.92 Å². The van der Waals surface area contributed by atoms with E-state index < -0.39 is 12.1 Å². The van der Waals surface area contributed by atoms with Gasteiger partial charge in [-0.2, -0.15) is 18.2 Å². The molecule has 0 spiro atoms. The van der Waals surface area contributed by atoms with Crippen LogP contribution >= 0.6 is 0 Å². The van der Waals surface area contributed by atoms with Crippen molar-refractivity contribution in [3.63, 3.8) is 0 Å². The Balaban J connectivity index is 1.36. The van der Waals surface area contributed by atoms with Crippen LogP contribution in [0, 0.1) is 5.92 Å². The van der Waals surface area contributed by atoms with Gasteiger partial charge in [-0.1, -0.05) is 17.3 Å². The van der Waals surface area contributed by atoms with E-state index in [2.05, 4.69) is 20.0 Å².